The Hall–Kier alpha value is -0.950. The van der Waals surface area contributed by atoms with Crippen molar-refractivity contribution in [1.82, 2.24) is 0 Å². The van der Waals surface area contributed by atoms with E-state index in [0.717, 1.165) is 17.7 Å². The standard InChI is InChI=1S/C11H13ClO/c1-3-6-9-7-5-8-10(12)11(9)13-4-2/h3,5,7-8H,1,4,6H2,2H3. The topological polar surface area (TPSA) is 9.23 Å². The Balaban J connectivity index is 3.01. The number of benzene rings is 1. The molecule has 1 rings (SSSR count). The van der Waals surface area contributed by atoms with E-state index in [9.17, 15) is 0 Å². The SMILES string of the molecule is C=CCc1cccc(Cl)c1OCC. The van der Waals surface area contributed by atoms with E-state index < -0.39 is 0 Å². The summed E-state index contributed by atoms with van der Waals surface area (Å²) < 4.78 is 5.44. The average Bonchev–Trinajstić information content (AvgIpc) is 2.11. The predicted octanol–water partition coefficient (Wildman–Crippen LogP) is 3.47. The molecule has 0 radical (unpaired) electrons. The van der Waals surface area contributed by atoms with Gasteiger partial charge in [0.05, 0.1) is 11.6 Å². The zero-order valence-electron chi connectivity index (χ0n) is 7.72. The van der Waals surface area contributed by atoms with Gasteiger partial charge in [0.1, 0.15) is 5.75 Å². The highest BCUT2D eigenvalue weighted by atomic mass is 35.5. The van der Waals surface area contributed by atoms with Crippen LogP contribution in [0.5, 0.6) is 5.75 Å². The molecule has 0 aromatic heterocycles. The van der Waals surface area contributed by atoms with Gasteiger partial charge in [-0.1, -0.05) is 29.8 Å². The Bertz CT molecular complexity index is 294. The second kappa shape index (κ2) is 4.93. The molecule has 0 heterocycles. The van der Waals surface area contributed by atoms with Crippen molar-refractivity contribution in [1.29, 1.82) is 0 Å². The highest BCUT2D eigenvalue weighted by Crippen LogP contribution is 2.28. The highest BCUT2D eigenvalue weighted by Gasteiger charge is 2.05. The monoisotopic (exact) mass is 196 g/mol. The number of rotatable bonds is 4. The van der Waals surface area contributed by atoms with Crippen LogP contribution in [0.4, 0.5) is 0 Å². The highest BCUT2D eigenvalue weighted by molar-refractivity contribution is 6.32. The van der Waals surface area contributed by atoms with Crippen LogP contribution in [0.2, 0.25) is 5.02 Å². The molecule has 13 heavy (non-hydrogen) atoms. The molecule has 0 bridgehead atoms. The minimum absolute atomic E-state index is 0.633. The molecule has 0 aliphatic rings. The van der Waals surface area contributed by atoms with Crippen molar-refractivity contribution < 1.29 is 4.74 Å². The first kappa shape index (κ1) is 10.1. The van der Waals surface area contributed by atoms with Gasteiger partial charge >= 0.3 is 0 Å². The smallest absolute Gasteiger partial charge is 0.141 e. The molecule has 1 aromatic carbocycles. The maximum atomic E-state index is 5.98. The fourth-order valence-corrected chi connectivity index (χ4v) is 1.42. The Kier molecular flexibility index (Phi) is 3.84. The molecule has 2 heteroatoms. The first-order valence-electron chi connectivity index (χ1n) is 4.30. The average molecular weight is 197 g/mol. The van der Waals surface area contributed by atoms with E-state index in [1.54, 1.807) is 0 Å². The number of para-hydroxylation sites is 1. The summed E-state index contributed by atoms with van der Waals surface area (Å²) in [5.74, 6) is 0.784. The number of hydrogen-bond acceptors (Lipinski definition) is 1. The van der Waals surface area contributed by atoms with Gasteiger partial charge in [-0.2, -0.15) is 0 Å². The van der Waals surface area contributed by atoms with Crippen LogP contribution >= 0.6 is 11.6 Å². The van der Waals surface area contributed by atoms with Crippen LogP contribution in [0.1, 0.15) is 12.5 Å². The number of ether oxygens (including phenoxy) is 1. The maximum absolute atomic E-state index is 5.98. The quantitative estimate of drug-likeness (QED) is 0.671. The molecule has 0 N–H and O–H groups in total. The minimum Gasteiger partial charge on any atom is -0.492 e. The summed E-state index contributed by atoms with van der Waals surface area (Å²) in [5.41, 5.74) is 1.09. The summed E-state index contributed by atoms with van der Waals surface area (Å²) >= 11 is 5.98. The van der Waals surface area contributed by atoms with Crippen molar-refractivity contribution in [3.63, 3.8) is 0 Å². The summed E-state index contributed by atoms with van der Waals surface area (Å²) in [6.07, 6.45) is 2.63. The lowest BCUT2D eigenvalue weighted by atomic mass is 10.1. The fraction of sp³-hybridized carbons (Fsp3) is 0.273. The number of halogens is 1. The van der Waals surface area contributed by atoms with E-state index >= 15 is 0 Å². The molecule has 1 aromatic rings. The van der Waals surface area contributed by atoms with Crippen molar-refractivity contribution in [2.45, 2.75) is 13.3 Å². The molecular formula is C11H13ClO. The van der Waals surface area contributed by atoms with E-state index in [1.807, 2.05) is 31.2 Å². The third-order valence-electron chi connectivity index (χ3n) is 1.70. The van der Waals surface area contributed by atoms with E-state index in [0.29, 0.717) is 11.6 Å². The van der Waals surface area contributed by atoms with Crippen LogP contribution < -0.4 is 4.74 Å². The molecule has 0 fully saturated rings. The van der Waals surface area contributed by atoms with Gasteiger partial charge in [0.2, 0.25) is 0 Å². The van der Waals surface area contributed by atoms with E-state index in [-0.39, 0.29) is 0 Å². The van der Waals surface area contributed by atoms with Crippen molar-refractivity contribution in [3.05, 3.63) is 41.4 Å². The van der Waals surface area contributed by atoms with Gasteiger partial charge in [-0.15, -0.1) is 6.58 Å². The van der Waals surface area contributed by atoms with Crippen molar-refractivity contribution in [2.75, 3.05) is 6.61 Å². The second-order valence-electron chi connectivity index (χ2n) is 2.65. The van der Waals surface area contributed by atoms with Crippen LogP contribution in [0.15, 0.2) is 30.9 Å². The molecular weight excluding hydrogens is 184 g/mol. The molecule has 0 aliphatic carbocycles. The van der Waals surface area contributed by atoms with Gasteiger partial charge in [-0.3, -0.25) is 0 Å². The summed E-state index contributed by atoms with van der Waals surface area (Å²) in [6, 6.07) is 5.75. The van der Waals surface area contributed by atoms with E-state index in [4.69, 9.17) is 16.3 Å². The Labute approximate surface area is 84.0 Å². The molecule has 0 saturated carbocycles. The first-order valence-corrected chi connectivity index (χ1v) is 4.68. The number of hydrogen-bond donors (Lipinski definition) is 0. The van der Waals surface area contributed by atoms with Crippen molar-refractivity contribution in [3.8, 4) is 5.75 Å². The molecule has 70 valence electrons. The fourth-order valence-electron chi connectivity index (χ4n) is 1.18. The lowest BCUT2D eigenvalue weighted by molar-refractivity contribution is 0.337. The second-order valence-corrected chi connectivity index (χ2v) is 3.06. The molecule has 0 spiro atoms. The minimum atomic E-state index is 0.633. The van der Waals surface area contributed by atoms with Gasteiger partial charge in [0.15, 0.2) is 0 Å². The summed E-state index contributed by atoms with van der Waals surface area (Å²) in [6.45, 7) is 6.27. The summed E-state index contributed by atoms with van der Waals surface area (Å²) in [4.78, 5) is 0. The van der Waals surface area contributed by atoms with Crippen LogP contribution in [0.25, 0.3) is 0 Å². The molecule has 0 amide bonds. The third kappa shape index (κ3) is 2.49. The van der Waals surface area contributed by atoms with Crippen LogP contribution in [0, 0.1) is 0 Å². The lowest BCUT2D eigenvalue weighted by Crippen LogP contribution is -1.96. The molecule has 0 saturated heterocycles. The van der Waals surface area contributed by atoms with Gasteiger partial charge in [-0.25, -0.2) is 0 Å². The molecule has 0 aliphatic heterocycles. The summed E-state index contributed by atoms with van der Waals surface area (Å²) in [7, 11) is 0. The Morgan fingerprint density at radius 1 is 1.54 bits per heavy atom. The van der Waals surface area contributed by atoms with Crippen molar-refractivity contribution >= 4 is 11.6 Å². The van der Waals surface area contributed by atoms with Gasteiger partial charge in [-0.05, 0) is 25.0 Å². The van der Waals surface area contributed by atoms with Crippen LogP contribution in [-0.2, 0) is 6.42 Å². The zero-order chi connectivity index (χ0) is 9.68. The van der Waals surface area contributed by atoms with Gasteiger partial charge < -0.3 is 4.74 Å². The predicted molar refractivity (Wildman–Crippen MR) is 56.5 cm³/mol. The lowest BCUT2D eigenvalue weighted by Gasteiger charge is -2.09. The van der Waals surface area contributed by atoms with Gasteiger partial charge in [0, 0.05) is 0 Å². The number of allylic oxidation sites excluding steroid dienone is 1. The van der Waals surface area contributed by atoms with Crippen LogP contribution in [0.3, 0.4) is 0 Å². The van der Waals surface area contributed by atoms with E-state index in [1.165, 1.54) is 0 Å². The van der Waals surface area contributed by atoms with Crippen molar-refractivity contribution in [2.24, 2.45) is 0 Å². The summed E-state index contributed by atoms with van der Waals surface area (Å²) in [5, 5.41) is 0.668. The Morgan fingerprint density at radius 2 is 2.31 bits per heavy atom. The van der Waals surface area contributed by atoms with E-state index in [2.05, 4.69) is 6.58 Å². The normalized spacial score (nSPS) is 9.69. The van der Waals surface area contributed by atoms with Gasteiger partial charge in [0.25, 0.3) is 0 Å². The molecule has 1 nitrogen and oxygen atoms in total. The first-order chi connectivity index (χ1) is 6.29. The largest absolute Gasteiger partial charge is 0.492 e. The van der Waals surface area contributed by atoms with Crippen LogP contribution in [-0.4, -0.2) is 6.61 Å². The maximum Gasteiger partial charge on any atom is 0.141 e. The third-order valence-corrected chi connectivity index (χ3v) is 2.00. The Morgan fingerprint density at radius 3 is 2.92 bits per heavy atom. The molecule has 0 unspecified atom stereocenters. The molecule has 0 atom stereocenters. The zero-order valence-corrected chi connectivity index (χ0v) is 8.47.